The molecule has 3 aliphatic rings. The molecule has 3 nitrogen and oxygen atoms in total. The third-order valence-corrected chi connectivity index (χ3v) is 14.5. The summed E-state index contributed by atoms with van der Waals surface area (Å²) in [5.74, 6) is 0. The van der Waals surface area contributed by atoms with Crippen molar-refractivity contribution in [2.24, 2.45) is 0 Å². The van der Waals surface area contributed by atoms with Gasteiger partial charge in [-0.3, -0.25) is 0 Å². The lowest BCUT2D eigenvalue weighted by atomic mass is 9.82. The fourth-order valence-corrected chi connectivity index (χ4v) is 11.4. The van der Waals surface area contributed by atoms with Gasteiger partial charge in [0.15, 0.2) is 0 Å². The van der Waals surface area contributed by atoms with Crippen LogP contribution < -0.4 is 9.80 Å². The monoisotopic (exact) mass is 807 g/mol. The van der Waals surface area contributed by atoms with Crippen molar-refractivity contribution >= 4 is 55.9 Å². The van der Waals surface area contributed by atoms with Crippen LogP contribution in [0.2, 0.25) is 0 Å². The molecule has 2 aliphatic carbocycles. The Bertz CT molecular complexity index is 3530. The smallest absolute Gasteiger partial charge is 0.0542 e. The summed E-state index contributed by atoms with van der Waals surface area (Å²) in [5, 5.41) is 2.47. The van der Waals surface area contributed by atoms with Crippen LogP contribution in [0.15, 0.2) is 200 Å². The summed E-state index contributed by atoms with van der Waals surface area (Å²) >= 11 is 0. The lowest BCUT2D eigenvalue weighted by Gasteiger charge is -2.29. The van der Waals surface area contributed by atoms with Crippen molar-refractivity contribution in [3.8, 4) is 39.1 Å². The van der Waals surface area contributed by atoms with E-state index in [4.69, 9.17) is 0 Å². The van der Waals surface area contributed by atoms with E-state index in [9.17, 15) is 0 Å². The zero-order chi connectivity index (χ0) is 42.2. The van der Waals surface area contributed by atoms with E-state index in [-0.39, 0.29) is 10.8 Å². The first-order chi connectivity index (χ1) is 30.7. The van der Waals surface area contributed by atoms with Gasteiger partial charge < -0.3 is 14.4 Å². The number of nitrogens with zero attached hydrogens (tertiary/aromatic N) is 3. The molecule has 300 valence electrons. The molecule has 3 heteroatoms. The third-order valence-electron chi connectivity index (χ3n) is 14.5. The highest BCUT2D eigenvalue weighted by molar-refractivity contribution is 6.11. The molecule has 13 rings (SSSR count). The first kappa shape index (κ1) is 36.1. The minimum Gasteiger partial charge on any atom is -0.310 e. The van der Waals surface area contributed by atoms with Crippen LogP contribution in [0, 0.1) is 0 Å². The van der Waals surface area contributed by atoms with Gasteiger partial charge >= 0.3 is 0 Å². The van der Waals surface area contributed by atoms with Crippen LogP contribution in [0.3, 0.4) is 0 Å². The Kier molecular flexibility index (Phi) is 7.42. The predicted molar refractivity (Wildman–Crippen MR) is 264 cm³/mol. The first-order valence-corrected chi connectivity index (χ1v) is 22.2. The molecule has 0 radical (unpaired) electrons. The summed E-state index contributed by atoms with van der Waals surface area (Å²) in [7, 11) is 0. The van der Waals surface area contributed by atoms with Crippen LogP contribution in [-0.4, -0.2) is 4.57 Å². The number of hydrogen-bond donors (Lipinski definition) is 0. The van der Waals surface area contributed by atoms with E-state index in [1.165, 1.54) is 77.4 Å². The highest BCUT2D eigenvalue weighted by Crippen LogP contribution is 2.55. The summed E-state index contributed by atoms with van der Waals surface area (Å²) in [5.41, 5.74) is 23.1. The SMILES string of the molecule is CC1(C)c2ccc3cc2-c2cc(ccc21)N(c1ccc2c(c1)c1ccccc1n2-c1ccccc1)c1cccc(c1)-c1cccc(c1)N3c1ccc2c(c1)C(C)(C)c1ccccc1-2. The third kappa shape index (κ3) is 5.14. The quantitative estimate of drug-likeness (QED) is 0.176. The van der Waals surface area contributed by atoms with Crippen LogP contribution >= 0.6 is 0 Å². The van der Waals surface area contributed by atoms with Crippen molar-refractivity contribution in [3.63, 3.8) is 0 Å². The van der Waals surface area contributed by atoms with Crippen molar-refractivity contribution in [1.82, 2.24) is 4.57 Å². The summed E-state index contributed by atoms with van der Waals surface area (Å²) in [6.45, 7) is 9.50. The van der Waals surface area contributed by atoms with Gasteiger partial charge in [-0.2, -0.15) is 0 Å². The van der Waals surface area contributed by atoms with Gasteiger partial charge in [-0.15, -0.1) is 0 Å². The zero-order valence-electron chi connectivity index (χ0n) is 35.9. The maximum absolute atomic E-state index is 2.47. The Labute approximate surface area is 368 Å². The molecule has 0 amide bonds. The van der Waals surface area contributed by atoms with Gasteiger partial charge in [0.05, 0.1) is 11.0 Å². The Hall–Kier alpha value is -7.62. The van der Waals surface area contributed by atoms with E-state index in [1.807, 2.05) is 0 Å². The molecule has 0 spiro atoms. The van der Waals surface area contributed by atoms with Crippen molar-refractivity contribution in [2.45, 2.75) is 38.5 Å². The maximum Gasteiger partial charge on any atom is 0.0542 e. The second-order valence-corrected chi connectivity index (χ2v) is 18.6. The number of para-hydroxylation sites is 2. The molecule has 0 saturated carbocycles. The van der Waals surface area contributed by atoms with Crippen molar-refractivity contribution in [3.05, 3.63) is 222 Å². The largest absolute Gasteiger partial charge is 0.310 e. The lowest BCUT2D eigenvalue weighted by Crippen LogP contribution is -2.17. The van der Waals surface area contributed by atoms with Gasteiger partial charge in [0.25, 0.3) is 0 Å². The van der Waals surface area contributed by atoms with E-state index in [1.54, 1.807) is 0 Å². The molecule has 10 aromatic rings. The Balaban J connectivity index is 1.04. The maximum atomic E-state index is 2.47. The second kappa shape index (κ2) is 13.0. The Morgan fingerprint density at radius 1 is 0.286 bits per heavy atom. The number of fused-ring (bicyclic) bond motifs is 13. The fraction of sp³-hybridized carbons (Fsp3) is 0.100. The number of aromatic nitrogens is 1. The van der Waals surface area contributed by atoms with Gasteiger partial charge in [0, 0.05) is 61.4 Å². The Morgan fingerprint density at radius 3 is 1.46 bits per heavy atom. The highest BCUT2D eigenvalue weighted by atomic mass is 15.2. The number of anilines is 6. The highest BCUT2D eigenvalue weighted by Gasteiger charge is 2.38. The molecule has 8 bridgehead atoms. The lowest BCUT2D eigenvalue weighted by molar-refractivity contribution is 0.660. The molecule has 1 aliphatic heterocycles. The zero-order valence-corrected chi connectivity index (χ0v) is 35.9. The first-order valence-electron chi connectivity index (χ1n) is 22.2. The molecule has 0 atom stereocenters. The van der Waals surface area contributed by atoms with Crippen molar-refractivity contribution in [1.29, 1.82) is 0 Å². The Morgan fingerprint density at radius 2 is 0.762 bits per heavy atom. The molecule has 0 unspecified atom stereocenters. The summed E-state index contributed by atoms with van der Waals surface area (Å²) < 4.78 is 2.39. The van der Waals surface area contributed by atoms with Gasteiger partial charge in [0.2, 0.25) is 0 Å². The van der Waals surface area contributed by atoms with E-state index >= 15 is 0 Å². The van der Waals surface area contributed by atoms with Gasteiger partial charge in [-0.25, -0.2) is 0 Å². The molecule has 2 heterocycles. The average molecular weight is 808 g/mol. The van der Waals surface area contributed by atoms with Crippen LogP contribution in [0.4, 0.5) is 34.1 Å². The van der Waals surface area contributed by atoms with Crippen LogP contribution in [-0.2, 0) is 10.8 Å². The van der Waals surface area contributed by atoms with E-state index in [2.05, 4.69) is 242 Å². The van der Waals surface area contributed by atoms with E-state index in [0.717, 1.165) is 39.8 Å². The van der Waals surface area contributed by atoms with Crippen molar-refractivity contribution in [2.75, 3.05) is 9.80 Å². The van der Waals surface area contributed by atoms with Gasteiger partial charge in [-0.05, 0) is 153 Å². The predicted octanol–water partition coefficient (Wildman–Crippen LogP) is 16.3. The molecule has 1 aromatic heterocycles. The second-order valence-electron chi connectivity index (χ2n) is 18.6. The minimum atomic E-state index is -0.160. The summed E-state index contributed by atoms with van der Waals surface area (Å²) in [6, 6.07) is 75.1. The number of rotatable bonds is 3. The summed E-state index contributed by atoms with van der Waals surface area (Å²) in [4.78, 5) is 4.93. The molecule has 63 heavy (non-hydrogen) atoms. The van der Waals surface area contributed by atoms with Crippen LogP contribution in [0.25, 0.3) is 60.9 Å². The topological polar surface area (TPSA) is 11.4 Å². The van der Waals surface area contributed by atoms with Gasteiger partial charge in [-0.1, -0.05) is 131 Å². The average Bonchev–Trinajstić information content (AvgIpc) is 3.85. The van der Waals surface area contributed by atoms with Crippen LogP contribution in [0.5, 0.6) is 0 Å². The molecule has 0 N–H and O–H groups in total. The summed E-state index contributed by atoms with van der Waals surface area (Å²) in [6.07, 6.45) is 0. The normalized spacial score (nSPS) is 14.9. The van der Waals surface area contributed by atoms with Gasteiger partial charge in [0.1, 0.15) is 0 Å². The molecule has 9 aromatic carbocycles. The van der Waals surface area contributed by atoms with E-state index < -0.39 is 0 Å². The standard InChI is InChI=1S/C60H45N3/c1-59(2)54-29-25-43-34-50(54)51-35-44(26-30-55(51)59)62(46-24-28-48-47-20-8-10-22-53(47)60(3,4)56(48)37-46)42-19-13-15-39(33-42)38-14-12-18-41(32-38)61(43)45-27-31-58-52(36-45)49-21-9-11-23-57(49)63(58)40-16-6-5-7-17-40/h5-37H,1-4H3. The van der Waals surface area contributed by atoms with Crippen molar-refractivity contribution < 1.29 is 0 Å². The number of benzene rings is 9. The molecule has 0 saturated heterocycles. The number of hydrogen-bond acceptors (Lipinski definition) is 2. The molecular weight excluding hydrogens is 763 g/mol. The fourth-order valence-electron chi connectivity index (χ4n) is 11.4. The minimum absolute atomic E-state index is 0.112. The van der Waals surface area contributed by atoms with Crippen LogP contribution in [0.1, 0.15) is 49.9 Å². The molecule has 0 fully saturated rings. The van der Waals surface area contributed by atoms with E-state index in [0.29, 0.717) is 0 Å². The molecular formula is C60H45N3.